The van der Waals surface area contributed by atoms with Gasteiger partial charge in [-0.25, -0.2) is 4.98 Å². The van der Waals surface area contributed by atoms with Gasteiger partial charge in [0.1, 0.15) is 5.69 Å². The third-order valence-electron chi connectivity index (χ3n) is 1.95. The van der Waals surface area contributed by atoms with Gasteiger partial charge in [0.05, 0.1) is 11.1 Å². The first-order valence-electron chi connectivity index (χ1n) is 4.57. The minimum atomic E-state index is 0.455. The molecule has 3 aromatic rings. The molecule has 0 amide bonds. The van der Waals surface area contributed by atoms with Crippen molar-refractivity contribution >= 4 is 11.3 Å². The third-order valence-corrected chi connectivity index (χ3v) is 2.81. The van der Waals surface area contributed by atoms with Crippen LogP contribution in [0.15, 0.2) is 40.6 Å². The summed E-state index contributed by atoms with van der Waals surface area (Å²) in [5.74, 6) is 0.965. The van der Waals surface area contributed by atoms with Crippen molar-refractivity contribution < 1.29 is 4.52 Å². The summed E-state index contributed by atoms with van der Waals surface area (Å²) in [5, 5.41) is 5.82. The van der Waals surface area contributed by atoms with Gasteiger partial charge in [0.25, 0.3) is 5.89 Å². The van der Waals surface area contributed by atoms with Crippen molar-refractivity contribution in [3.05, 3.63) is 36.1 Å². The van der Waals surface area contributed by atoms with Crippen LogP contribution in [0.5, 0.6) is 0 Å². The molecular formula is C10H6N4OS. The summed E-state index contributed by atoms with van der Waals surface area (Å²) in [6, 6.07) is 3.87. The van der Waals surface area contributed by atoms with E-state index in [1.165, 1.54) is 0 Å². The summed E-state index contributed by atoms with van der Waals surface area (Å²) in [4.78, 5) is 13.3. The molecule has 0 aliphatic carbocycles. The van der Waals surface area contributed by atoms with Gasteiger partial charge in [-0.3, -0.25) is 4.98 Å². The molecule has 0 unspecified atom stereocenters. The molecule has 0 aromatic carbocycles. The minimum absolute atomic E-state index is 0.455. The van der Waals surface area contributed by atoms with Gasteiger partial charge in [0.15, 0.2) is 0 Å². The van der Waals surface area contributed by atoms with Gasteiger partial charge in [0.2, 0.25) is 5.82 Å². The van der Waals surface area contributed by atoms with Crippen molar-refractivity contribution in [1.82, 2.24) is 20.1 Å². The Bertz CT molecular complexity index is 576. The summed E-state index contributed by atoms with van der Waals surface area (Å²) in [6.45, 7) is 0. The largest absolute Gasteiger partial charge is 0.333 e. The Morgan fingerprint density at radius 2 is 2.25 bits per heavy atom. The van der Waals surface area contributed by atoms with Crippen molar-refractivity contribution in [2.45, 2.75) is 0 Å². The summed E-state index contributed by atoms with van der Waals surface area (Å²) < 4.78 is 5.14. The highest BCUT2D eigenvalue weighted by atomic mass is 32.1. The second-order valence-electron chi connectivity index (χ2n) is 2.99. The highest BCUT2D eigenvalue weighted by Crippen LogP contribution is 2.24. The van der Waals surface area contributed by atoms with E-state index in [9.17, 15) is 0 Å². The maximum Gasteiger partial charge on any atom is 0.268 e. The Labute approximate surface area is 94.8 Å². The minimum Gasteiger partial charge on any atom is -0.333 e. The van der Waals surface area contributed by atoms with Crippen LogP contribution in [-0.2, 0) is 0 Å². The molecule has 3 aromatic heterocycles. The normalized spacial score (nSPS) is 10.5. The molecule has 0 N–H and O–H groups in total. The molecule has 0 bridgehead atoms. The second kappa shape index (κ2) is 3.82. The van der Waals surface area contributed by atoms with E-state index in [4.69, 9.17) is 4.52 Å². The van der Waals surface area contributed by atoms with Gasteiger partial charge in [-0.1, -0.05) is 11.2 Å². The molecule has 0 aliphatic heterocycles. The summed E-state index contributed by atoms with van der Waals surface area (Å²) in [5.41, 5.74) is 0.606. The van der Waals surface area contributed by atoms with Crippen LogP contribution in [0.25, 0.3) is 22.3 Å². The first kappa shape index (κ1) is 9.17. The average Bonchev–Trinajstić information content (AvgIpc) is 3.01. The van der Waals surface area contributed by atoms with Gasteiger partial charge < -0.3 is 4.52 Å². The predicted molar refractivity (Wildman–Crippen MR) is 58.6 cm³/mol. The molecule has 0 saturated heterocycles. The molecule has 78 valence electrons. The summed E-state index contributed by atoms with van der Waals surface area (Å²) >= 11 is 1.55. The fourth-order valence-corrected chi connectivity index (χ4v) is 1.89. The molecule has 3 rings (SSSR count). The number of hydrogen-bond acceptors (Lipinski definition) is 6. The van der Waals surface area contributed by atoms with Gasteiger partial charge in [0, 0.05) is 12.4 Å². The van der Waals surface area contributed by atoms with Crippen LogP contribution in [0, 0.1) is 0 Å². The van der Waals surface area contributed by atoms with E-state index in [-0.39, 0.29) is 0 Å². The van der Waals surface area contributed by atoms with Crippen LogP contribution in [0.3, 0.4) is 0 Å². The quantitative estimate of drug-likeness (QED) is 0.675. The first-order chi connectivity index (χ1) is 7.93. The zero-order valence-corrected chi connectivity index (χ0v) is 8.89. The standard InChI is InChI=1S/C10H6N4OS/c1-2-8(16-5-1)10-13-9(14-15-10)7-6-11-3-4-12-7/h1-6H. The molecule has 6 heteroatoms. The predicted octanol–water partition coefficient (Wildman–Crippen LogP) is 2.26. The van der Waals surface area contributed by atoms with E-state index in [1.807, 2.05) is 17.5 Å². The van der Waals surface area contributed by atoms with Crippen LogP contribution in [0.1, 0.15) is 0 Å². The number of nitrogens with zero attached hydrogens (tertiary/aromatic N) is 4. The van der Waals surface area contributed by atoms with E-state index in [1.54, 1.807) is 29.9 Å². The maximum atomic E-state index is 5.14. The monoisotopic (exact) mass is 230 g/mol. The molecule has 16 heavy (non-hydrogen) atoms. The lowest BCUT2D eigenvalue weighted by Gasteiger charge is -1.88. The lowest BCUT2D eigenvalue weighted by molar-refractivity contribution is 0.433. The smallest absolute Gasteiger partial charge is 0.268 e. The van der Waals surface area contributed by atoms with Crippen molar-refractivity contribution in [2.24, 2.45) is 0 Å². The highest BCUT2D eigenvalue weighted by Gasteiger charge is 2.11. The number of thiophene rings is 1. The van der Waals surface area contributed by atoms with Crippen molar-refractivity contribution in [3.63, 3.8) is 0 Å². The molecule has 0 fully saturated rings. The number of hydrogen-bond donors (Lipinski definition) is 0. The Balaban J connectivity index is 2.00. The summed E-state index contributed by atoms with van der Waals surface area (Å²) in [6.07, 6.45) is 4.79. The summed E-state index contributed by atoms with van der Waals surface area (Å²) in [7, 11) is 0. The highest BCUT2D eigenvalue weighted by molar-refractivity contribution is 7.13. The second-order valence-corrected chi connectivity index (χ2v) is 3.94. The molecule has 0 saturated carbocycles. The average molecular weight is 230 g/mol. The van der Waals surface area contributed by atoms with Crippen LogP contribution < -0.4 is 0 Å². The molecular weight excluding hydrogens is 224 g/mol. The molecule has 0 atom stereocenters. The van der Waals surface area contributed by atoms with Crippen LogP contribution in [0.4, 0.5) is 0 Å². The van der Waals surface area contributed by atoms with Crippen LogP contribution in [-0.4, -0.2) is 20.1 Å². The van der Waals surface area contributed by atoms with Gasteiger partial charge in [-0.05, 0) is 11.4 Å². The van der Waals surface area contributed by atoms with E-state index in [0.29, 0.717) is 17.4 Å². The van der Waals surface area contributed by atoms with E-state index < -0.39 is 0 Å². The fraction of sp³-hybridized carbons (Fsp3) is 0. The maximum absolute atomic E-state index is 5.14. The molecule has 0 aliphatic rings. The van der Waals surface area contributed by atoms with Gasteiger partial charge in [-0.2, -0.15) is 4.98 Å². The fourth-order valence-electron chi connectivity index (χ4n) is 1.24. The molecule has 3 heterocycles. The zero-order valence-electron chi connectivity index (χ0n) is 8.07. The molecule has 5 nitrogen and oxygen atoms in total. The van der Waals surface area contributed by atoms with Gasteiger partial charge in [-0.15, -0.1) is 11.3 Å². The lowest BCUT2D eigenvalue weighted by Crippen LogP contribution is -1.85. The van der Waals surface area contributed by atoms with E-state index in [2.05, 4.69) is 20.1 Å². The van der Waals surface area contributed by atoms with Crippen molar-refractivity contribution in [1.29, 1.82) is 0 Å². The Hall–Kier alpha value is -2.08. The van der Waals surface area contributed by atoms with Crippen LogP contribution >= 0.6 is 11.3 Å². The lowest BCUT2D eigenvalue weighted by atomic mass is 10.4. The van der Waals surface area contributed by atoms with Crippen molar-refractivity contribution in [3.8, 4) is 22.3 Å². The molecule has 0 spiro atoms. The Morgan fingerprint density at radius 3 is 3.00 bits per heavy atom. The topological polar surface area (TPSA) is 64.7 Å². The number of rotatable bonds is 2. The van der Waals surface area contributed by atoms with E-state index >= 15 is 0 Å². The van der Waals surface area contributed by atoms with E-state index in [0.717, 1.165) is 4.88 Å². The SMILES string of the molecule is c1csc(-c2nc(-c3cnccn3)no2)c1. The van der Waals surface area contributed by atoms with Gasteiger partial charge >= 0.3 is 0 Å². The Kier molecular flexibility index (Phi) is 2.19. The molecule has 0 radical (unpaired) electrons. The van der Waals surface area contributed by atoms with Crippen molar-refractivity contribution in [2.75, 3.05) is 0 Å². The third kappa shape index (κ3) is 1.59. The first-order valence-corrected chi connectivity index (χ1v) is 5.45. The zero-order chi connectivity index (χ0) is 10.8. The van der Waals surface area contributed by atoms with Crippen LogP contribution in [0.2, 0.25) is 0 Å². The Morgan fingerprint density at radius 1 is 1.25 bits per heavy atom. The number of aromatic nitrogens is 4.